The highest BCUT2D eigenvalue weighted by Gasteiger charge is 1.98. The zero-order valence-electron chi connectivity index (χ0n) is 6.95. The molecule has 0 saturated heterocycles. The summed E-state index contributed by atoms with van der Waals surface area (Å²) in [5.74, 6) is 0. The highest BCUT2D eigenvalue weighted by Crippen LogP contribution is 2.12. The van der Waals surface area contributed by atoms with E-state index in [1.165, 1.54) is 0 Å². The van der Waals surface area contributed by atoms with E-state index < -0.39 is 0 Å². The molecule has 13 heavy (non-hydrogen) atoms. The van der Waals surface area contributed by atoms with Crippen molar-refractivity contribution in [1.29, 1.82) is 0 Å². The van der Waals surface area contributed by atoms with Gasteiger partial charge in [-0.05, 0) is 24.4 Å². The Hall–Kier alpha value is -1.57. The van der Waals surface area contributed by atoms with Gasteiger partial charge in [-0.15, -0.1) is 5.73 Å². The average Bonchev–Trinajstić information content (AvgIpc) is 2.44. The van der Waals surface area contributed by atoms with Gasteiger partial charge in [0.2, 0.25) is 0 Å². The number of rotatable bonds is 1. The van der Waals surface area contributed by atoms with Crippen molar-refractivity contribution in [3.05, 3.63) is 41.3 Å². The highest BCUT2D eigenvalue weighted by molar-refractivity contribution is 7.71. The number of para-hydroxylation sites is 2. The number of nitrogens with zero attached hydrogens (tertiary/aromatic N) is 1. The van der Waals surface area contributed by atoms with Gasteiger partial charge in [-0.25, -0.2) is 0 Å². The highest BCUT2D eigenvalue weighted by atomic mass is 32.1. The number of hydrogen-bond donors (Lipinski definition) is 1. The van der Waals surface area contributed by atoms with Crippen LogP contribution in [0.15, 0.2) is 36.6 Å². The van der Waals surface area contributed by atoms with E-state index in [9.17, 15) is 0 Å². The number of fused-ring (bicyclic) bond motifs is 1. The third-order valence-electron chi connectivity index (χ3n) is 1.84. The van der Waals surface area contributed by atoms with E-state index in [-0.39, 0.29) is 0 Å². The summed E-state index contributed by atoms with van der Waals surface area (Å²) < 4.78 is 2.51. The van der Waals surface area contributed by atoms with E-state index in [0.717, 1.165) is 11.0 Å². The van der Waals surface area contributed by atoms with Crippen molar-refractivity contribution in [2.75, 3.05) is 0 Å². The molecular formula is C10H8N2S. The Morgan fingerprint density at radius 1 is 1.46 bits per heavy atom. The second kappa shape index (κ2) is 3.05. The number of H-pyrrole nitrogens is 1. The van der Waals surface area contributed by atoms with Crippen LogP contribution in [0.5, 0.6) is 0 Å². The molecule has 0 atom stereocenters. The number of imidazole rings is 1. The maximum absolute atomic E-state index is 5.13. The lowest BCUT2D eigenvalue weighted by Gasteiger charge is -1.92. The molecule has 0 unspecified atom stereocenters. The number of aromatic nitrogens is 2. The Labute approximate surface area is 80.8 Å². The topological polar surface area (TPSA) is 20.7 Å². The van der Waals surface area contributed by atoms with Crippen molar-refractivity contribution in [2.24, 2.45) is 0 Å². The summed E-state index contributed by atoms with van der Waals surface area (Å²) in [5, 5.41) is 0. The molecule has 0 aliphatic carbocycles. The first-order valence-corrected chi connectivity index (χ1v) is 4.29. The van der Waals surface area contributed by atoms with Crippen molar-refractivity contribution in [2.45, 2.75) is 0 Å². The third kappa shape index (κ3) is 1.24. The molecule has 0 spiro atoms. The third-order valence-corrected chi connectivity index (χ3v) is 2.14. The van der Waals surface area contributed by atoms with Gasteiger partial charge in [-0.1, -0.05) is 18.7 Å². The molecule has 0 saturated carbocycles. The van der Waals surface area contributed by atoms with Gasteiger partial charge in [0.25, 0.3) is 0 Å². The minimum Gasteiger partial charge on any atom is -0.330 e. The normalized spacial score (nSPS) is 9.85. The first kappa shape index (κ1) is 8.05. The number of aromatic amines is 1. The summed E-state index contributed by atoms with van der Waals surface area (Å²) in [6, 6.07) is 7.92. The molecule has 2 rings (SSSR count). The molecule has 2 aromatic rings. The molecule has 1 N–H and O–H groups in total. The van der Waals surface area contributed by atoms with E-state index in [0.29, 0.717) is 4.77 Å². The van der Waals surface area contributed by atoms with Crippen molar-refractivity contribution in [3.8, 4) is 0 Å². The molecule has 1 heterocycles. The Balaban J connectivity index is 2.94. The van der Waals surface area contributed by atoms with Crippen molar-refractivity contribution in [3.63, 3.8) is 0 Å². The standard InChI is InChI=1S/C10H8N2S/c1-2-7-12-9-6-4-3-5-8(9)11-10(12)13/h3-7H,1H2,(H,11,13). The van der Waals surface area contributed by atoms with Gasteiger partial charge in [0.05, 0.1) is 17.2 Å². The summed E-state index contributed by atoms with van der Waals surface area (Å²) in [6.07, 6.45) is 1.72. The van der Waals surface area contributed by atoms with Gasteiger partial charge in [0.1, 0.15) is 0 Å². The van der Waals surface area contributed by atoms with E-state index in [2.05, 4.69) is 17.3 Å². The average molecular weight is 188 g/mol. The molecule has 1 aromatic carbocycles. The first-order chi connectivity index (χ1) is 6.33. The second-order valence-electron chi connectivity index (χ2n) is 2.65. The van der Waals surface area contributed by atoms with Gasteiger partial charge in [0.15, 0.2) is 4.77 Å². The zero-order valence-corrected chi connectivity index (χ0v) is 7.77. The lowest BCUT2D eigenvalue weighted by atomic mass is 10.3. The largest absolute Gasteiger partial charge is 0.330 e. The molecule has 0 bridgehead atoms. The lowest BCUT2D eigenvalue weighted by Crippen LogP contribution is -1.82. The SMILES string of the molecule is C=C=Cn1c(=S)[nH]c2ccccc21. The second-order valence-corrected chi connectivity index (χ2v) is 3.04. The first-order valence-electron chi connectivity index (χ1n) is 3.88. The predicted molar refractivity (Wildman–Crippen MR) is 57.0 cm³/mol. The van der Waals surface area contributed by atoms with Gasteiger partial charge < -0.3 is 4.98 Å². The molecule has 1 aromatic heterocycles. The van der Waals surface area contributed by atoms with Crippen molar-refractivity contribution < 1.29 is 0 Å². The molecule has 0 aliphatic rings. The molecular weight excluding hydrogens is 180 g/mol. The minimum atomic E-state index is 0.664. The van der Waals surface area contributed by atoms with Crippen molar-refractivity contribution >= 4 is 29.5 Å². The molecule has 0 radical (unpaired) electrons. The van der Waals surface area contributed by atoms with Crippen LogP contribution in [0.3, 0.4) is 0 Å². The molecule has 0 aliphatic heterocycles. The fourth-order valence-electron chi connectivity index (χ4n) is 1.29. The maximum Gasteiger partial charge on any atom is 0.182 e. The van der Waals surface area contributed by atoms with Crippen LogP contribution >= 0.6 is 12.2 Å². The monoisotopic (exact) mass is 188 g/mol. The van der Waals surface area contributed by atoms with Crippen LogP contribution in [0.1, 0.15) is 0 Å². The fraction of sp³-hybridized carbons (Fsp3) is 0. The quantitative estimate of drug-likeness (QED) is 0.539. The van der Waals surface area contributed by atoms with Gasteiger partial charge in [0, 0.05) is 0 Å². The molecule has 64 valence electrons. The molecule has 2 nitrogen and oxygen atoms in total. The zero-order chi connectivity index (χ0) is 9.26. The molecule has 3 heteroatoms. The van der Waals surface area contributed by atoms with E-state index in [4.69, 9.17) is 12.2 Å². The van der Waals surface area contributed by atoms with Crippen LogP contribution in [0.4, 0.5) is 0 Å². The summed E-state index contributed by atoms with van der Waals surface area (Å²) in [5.41, 5.74) is 4.78. The summed E-state index contributed by atoms with van der Waals surface area (Å²) >= 11 is 5.13. The van der Waals surface area contributed by atoms with Gasteiger partial charge in [-0.2, -0.15) is 0 Å². The summed E-state index contributed by atoms with van der Waals surface area (Å²) in [7, 11) is 0. The number of benzene rings is 1. The van der Waals surface area contributed by atoms with Crippen LogP contribution in [0.2, 0.25) is 0 Å². The van der Waals surface area contributed by atoms with Crippen LogP contribution in [-0.4, -0.2) is 9.55 Å². The maximum atomic E-state index is 5.13. The van der Waals surface area contributed by atoms with Crippen molar-refractivity contribution in [1.82, 2.24) is 9.55 Å². The Kier molecular flexibility index (Phi) is 1.89. The van der Waals surface area contributed by atoms with Crippen LogP contribution in [-0.2, 0) is 0 Å². The fourth-order valence-corrected chi connectivity index (χ4v) is 1.55. The van der Waals surface area contributed by atoms with Gasteiger partial charge in [-0.3, -0.25) is 4.57 Å². The Bertz CT molecular complexity index is 541. The Morgan fingerprint density at radius 3 is 3.00 bits per heavy atom. The van der Waals surface area contributed by atoms with Gasteiger partial charge >= 0.3 is 0 Å². The molecule has 0 amide bonds. The predicted octanol–water partition coefficient (Wildman–Crippen LogP) is 2.95. The van der Waals surface area contributed by atoms with E-state index in [1.54, 1.807) is 6.20 Å². The smallest absolute Gasteiger partial charge is 0.182 e. The van der Waals surface area contributed by atoms with Crippen LogP contribution < -0.4 is 0 Å². The van der Waals surface area contributed by atoms with Crippen LogP contribution in [0.25, 0.3) is 17.2 Å². The Morgan fingerprint density at radius 2 is 2.23 bits per heavy atom. The summed E-state index contributed by atoms with van der Waals surface area (Å²) in [6.45, 7) is 3.52. The number of nitrogens with one attached hydrogen (secondary N) is 1. The van der Waals surface area contributed by atoms with E-state index >= 15 is 0 Å². The van der Waals surface area contributed by atoms with Crippen LogP contribution in [0, 0.1) is 4.77 Å². The number of hydrogen-bond acceptors (Lipinski definition) is 1. The lowest BCUT2D eigenvalue weighted by molar-refractivity contribution is 1.14. The molecule has 0 fully saturated rings. The minimum absolute atomic E-state index is 0.664. The van der Waals surface area contributed by atoms with E-state index in [1.807, 2.05) is 28.8 Å². The summed E-state index contributed by atoms with van der Waals surface area (Å²) in [4.78, 5) is 3.09.